The number of hydrogen-bond donors (Lipinski definition) is 0. The first-order valence-electron chi connectivity index (χ1n) is 6.92. The van der Waals surface area contributed by atoms with E-state index in [0.29, 0.717) is 0 Å². The van der Waals surface area contributed by atoms with Crippen LogP contribution in [-0.2, 0) is 0 Å². The summed E-state index contributed by atoms with van der Waals surface area (Å²) in [5, 5.41) is 0. The summed E-state index contributed by atoms with van der Waals surface area (Å²) >= 11 is 0. The molecule has 1 unspecified atom stereocenters. The van der Waals surface area contributed by atoms with Gasteiger partial charge in [-0.1, -0.05) is 60.2 Å². The van der Waals surface area contributed by atoms with Crippen molar-refractivity contribution in [3.05, 3.63) is 94.9 Å². The van der Waals surface area contributed by atoms with Crippen LogP contribution >= 0.6 is 0 Å². The first kappa shape index (κ1) is 12.7. The molecule has 0 aliphatic heterocycles. The summed E-state index contributed by atoms with van der Waals surface area (Å²) in [6.07, 6.45) is 0. The Morgan fingerprint density at radius 3 is 1.95 bits per heavy atom. The molecule has 1 aromatic heterocycles. The smallest absolute Gasteiger partial charge is 0.116 e. The van der Waals surface area contributed by atoms with Gasteiger partial charge in [0.15, 0.2) is 0 Å². The van der Waals surface area contributed by atoms with Crippen LogP contribution in [0.15, 0.2) is 71.1 Å². The van der Waals surface area contributed by atoms with Gasteiger partial charge in [0, 0.05) is 0 Å². The minimum atomic E-state index is 0.158. The Kier molecular flexibility index (Phi) is 3.42. The molecule has 0 saturated carbocycles. The lowest BCUT2D eigenvalue weighted by molar-refractivity contribution is 0.478. The normalized spacial score (nSPS) is 12.3. The minimum absolute atomic E-state index is 0.158. The molecule has 3 rings (SSSR count). The van der Waals surface area contributed by atoms with Crippen molar-refractivity contribution < 1.29 is 4.42 Å². The number of rotatable bonds is 3. The Morgan fingerprint density at radius 1 is 0.700 bits per heavy atom. The average Bonchev–Trinajstić information content (AvgIpc) is 2.89. The summed E-state index contributed by atoms with van der Waals surface area (Å²) in [7, 11) is 0. The zero-order valence-electron chi connectivity index (χ0n) is 11.8. The molecule has 100 valence electrons. The van der Waals surface area contributed by atoms with Crippen LogP contribution in [0.2, 0.25) is 0 Å². The predicted molar refractivity (Wildman–Crippen MR) is 82.0 cm³/mol. The van der Waals surface area contributed by atoms with Crippen LogP contribution in [0, 0.1) is 13.8 Å². The Bertz CT molecular complexity index is 677. The third-order valence-corrected chi connectivity index (χ3v) is 3.59. The van der Waals surface area contributed by atoms with Crippen molar-refractivity contribution in [2.75, 3.05) is 0 Å². The second kappa shape index (κ2) is 5.38. The second-order valence-electron chi connectivity index (χ2n) is 5.20. The molecule has 1 atom stereocenters. The molecule has 0 spiro atoms. The van der Waals surface area contributed by atoms with Gasteiger partial charge in [0.25, 0.3) is 0 Å². The van der Waals surface area contributed by atoms with E-state index in [4.69, 9.17) is 4.42 Å². The fourth-order valence-electron chi connectivity index (χ4n) is 2.53. The Labute approximate surface area is 119 Å². The topological polar surface area (TPSA) is 13.1 Å². The zero-order valence-corrected chi connectivity index (χ0v) is 11.8. The lowest BCUT2D eigenvalue weighted by Gasteiger charge is -2.16. The monoisotopic (exact) mass is 262 g/mol. The molecular formula is C19H18O. The summed E-state index contributed by atoms with van der Waals surface area (Å²) < 4.78 is 5.88. The van der Waals surface area contributed by atoms with Gasteiger partial charge in [-0.25, -0.2) is 0 Å². The summed E-state index contributed by atoms with van der Waals surface area (Å²) in [5.74, 6) is 2.11. The van der Waals surface area contributed by atoms with Crippen molar-refractivity contribution in [1.82, 2.24) is 0 Å². The average molecular weight is 262 g/mol. The van der Waals surface area contributed by atoms with Crippen LogP contribution in [0.4, 0.5) is 0 Å². The fraction of sp³-hybridized carbons (Fsp3) is 0.158. The minimum Gasteiger partial charge on any atom is -0.465 e. The number of benzene rings is 2. The lowest BCUT2D eigenvalue weighted by Crippen LogP contribution is -2.02. The van der Waals surface area contributed by atoms with E-state index < -0.39 is 0 Å². The van der Waals surface area contributed by atoms with Crippen molar-refractivity contribution in [3.63, 3.8) is 0 Å². The van der Waals surface area contributed by atoms with Gasteiger partial charge in [-0.3, -0.25) is 0 Å². The first-order chi connectivity index (χ1) is 9.74. The summed E-state index contributed by atoms with van der Waals surface area (Å²) in [5.41, 5.74) is 3.79. The van der Waals surface area contributed by atoms with Gasteiger partial charge in [0.2, 0.25) is 0 Å². The molecule has 1 heterocycles. The molecule has 0 aliphatic carbocycles. The predicted octanol–water partition coefficient (Wildman–Crippen LogP) is 5.08. The van der Waals surface area contributed by atoms with E-state index in [9.17, 15) is 0 Å². The third-order valence-electron chi connectivity index (χ3n) is 3.59. The zero-order chi connectivity index (χ0) is 13.9. The standard InChI is InChI=1S/C19H18O/c1-14-8-11-17(12-9-14)19(16-6-4-3-5-7-16)18-13-10-15(2)20-18/h3-13,19H,1-2H3. The maximum atomic E-state index is 5.88. The van der Waals surface area contributed by atoms with E-state index in [1.54, 1.807) is 0 Å². The molecule has 2 aromatic carbocycles. The Morgan fingerprint density at radius 2 is 1.35 bits per heavy atom. The van der Waals surface area contributed by atoms with E-state index in [0.717, 1.165) is 11.5 Å². The molecule has 0 amide bonds. The van der Waals surface area contributed by atoms with E-state index in [2.05, 4.69) is 61.5 Å². The number of aryl methyl sites for hydroxylation is 2. The molecule has 0 N–H and O–H groups in total. The van der Waals surface area contributed by atoms with Crippen molar-refractivity contribution >= 4 is 0 Å². The Balaban J connectivity index is 2.10. The van der Waals surface area contributed by atoms with Gasteiger partial charge in [0.1, 0.15) is 11.5 Å². The highest BCUT2D eigenvalue weighted by molar-refractivity contribution is 5.40. The fourth-order valence-corrected chi connectivity index (χ4v) is 2.53. The van der Waals surface area contributed by atoms with Gasteiger partial charge < -0.3 is 4.42 Å². The molecule has 1 nitrogen and oxygen atoms in total. The first-order valence-corrected chi connectivity index (χ1v) is 6.92. The third kappa shape index (κ3) is 2.53. The molecule has 0 aliphatic rings. The molecule has 0 bridgehead atoms. The maximum Gasteiger partial charge on any atom is 0.116 e. The van der Waals surface area contributed by atoms with E-state index in [1.165, 1.54) is 16.7 Å². The van der Waals surface area contributed by atoms with Crippen LogP contribution < -0.4 is 0 Å². The highest BCUT2D eigenvalue weighted by Gasteiger charge is 2.19. The molecule has 0 radical (unpaired) electrons. The summed E-state index contributed by atoms with van der Waals surface area (Å²) in [6.45, 7) is 4.10. The molecule has 0 saturated heterocycles. The van der Waals surface area contributed by atoms with Crippen molar-refractivity contribution in [1.29, 1.82) is 0 Å². The highest BCUT2D eigenvalue weighted by atomic mass is 16.3. The van der Waals surface area contributed by atoms with Crippen LogP contribution in [0.1, 0.15) is 34.1 Å². The largest absolute Gasteiger partial charge is 0.465 e. The van der Waals surface area contributed by atoms with Crippen LogP contribution in [0.3, 0.4) is 0 Å². The van der Waals surface area contributed by atoms with Crippen molar-refractivity contribution in [2.45, 2.75) is 19.8 Å². The van der Waals surface area contributed by atoms with Crippen molar-refractivity contribution in [3.8, 4) is 0 Å². The number of hydrogen-bond acceptors (Lipinski definition) is 1. The van der Waals surface area contributed by atoms with Crippen molar-refractivity contribution in [2.24, 2.45) is 0 Å². The van der Waals surface area contributed by atoms with Crippen LogP contribution in [-0.4, -0.2) is 0 Å². The molecule has 0 fully saturated rings. The van der Waals surface area contributed by atoms with E-state index in [1.807, 2.05) is 19.1 Å². The van der Waals surface area contributed by atoms with Gasteiger partial charge in [-0.15, -0.1) is 0 Å². The molecule has 1 heteroatoms. The molecule has 3 aromatic rings. The maximum absolute atomic E-state index is 5.88. The van der Waals surface area contributed by atoms with Crippen LogP contribution in [0.5, 0.6) is 0 Å². The molecular weight excluding hydrogens is 244 g/mol. The second-order valence-corrected chi connectivity index (χ2v) is 5.20. The Hall–Kier alpha value is -2.28. The summed E-state index contributed by atoms with van der Waals surface area (Å²) in [6, 6.07) is 23.3. The number of furan rings is 1. The lowest BCUT2D eigenvalue weighted by atomic mass is 9.89. The SMILES string of the molecule is Cc1ccc(C(c2ccccc2)c2ccc(C)o2)cc1. The van der Waals surface area contributed by atoms with Gasteiger partial charge in [0.05, 0.1) is 5.92 Å². The highest BCUT2D eigenvalue weighted by Crippen LogP contribution is 2.32. The van der Waals surface area contributed by atoms with Crippen LogP contribution in [0.25, 0.3) is 0 Å². The summed E-state index contributed by atoms with van der Waals surface area (Å²) in [4.78, 5) is 0. The van der Waals surface area contributed by atoms with Gasteiger partial charge >= 0.3 is 0 Å². The van der Waals surface area contributed by atoms with Gasteiger partial charge in [-0.2, -0.15) is 0 Å². The van der Waals surface area contributed by atoms with Gasteiger partial charge in [-0.05, 0) is 37.1 Å². The molecule has 20 heavy (non-hydrogen) atoms. The quantitative estimate of drug-likeness (QED) is 0.641. The van der Waals surface area contributed by atoms with E-state index >= 15 is 0 Å². The van der Waals surface area contributed by atoms with E-state index in [-0.39, 0.29) is 5.92 Å².